The third kappa shape index (κ3) is 2.59. The highest BCUT2D eigenvalue weighted by Gasteiger charge is 2.17. The van der Waals surface area contributed by atoms with Crippen molar-refractivity contribution < 1.29 is 18.5 Å². The van der Waals surface area contributed by atoms with Crippen LogP contribution in [0.1, 0.15) is 5.56 Å². The maximum Gasteiger partial charge on any atom is 0.307 e. The Morgan fingerprint density at radius 1 is 1.38 bits per heavy atom. The summed E-state index contributed by atoms with van der Waals surface area (Å²) in [6, 6.07) is 1.06. The summed E-state index contributed by atoms with van der Waals surface area (Å²) < 4.78 is 26.2. The van der Waals surface area contributed by atoms with E-state index in [-0.39, 0.29) is 5.56 Å². The Morgan fingerprint density at radius 3 is 2.50 bits per heavy atom. The van der Waals surface area contributed by atoms with Gasteiger partial charge in [0.05, 0.1) is 11.0 Å². The first-order valence-corrected chi connectivity index (χ1v) is 4.02. The van der Waals surface area contributed by atoms with Crippen molar-refractivity contribution in [3.8, 4) is 0 Å². The molecule has 0 atom stereocenters. The molecule has 0 fully saturated rings. The molecule has 0 aromatic heterocycles. The van der Waals surface area contributed by atoms with Crippen molar-refractivity contribution in [1.82, 2.24) is 0 Å². The number of carbonyl (C=O) groups excluding carboxylic acids is 1. The highest BCUT2D eigenvalue weighted by molar-refractivity contribution is 5.90. The van der Waals surface area contributed by atoms with Crippen LogP contribution >= 0.6 is 0 Å². The van der Waals surface area contributed by atoms with Crippen LogP contribution < -0.4 is 5.73 Å². The van der Waals surface area contributed by atoms with E-state index in [0.29, 0.717) is 12.1 Å². The highest BCUT2D eigenvalue weighted by atomic mass is 19.1. The van der Waals surface area contributed by atoms with E-state index in [9.17, 15) is 23.7 Å². The fourth-order valence-corrected chi connectivity index (χ4v) is 0.991. The smallest absolute Gasteiger partial charge is 0.307 e. The van der Waals surface area contributed by atoms with Crippen molar-refractivity contribution in [3.63, 3.8) is 0 Å². The zero-order chi connectivity index (χ0) is 12.3. The number of amides is 1. The predicted molar refractivity (Wildman–Crippen MR) is 51.2 cm³/mol. The minimum atomic E-state index is -1.18. The van der Waals surface area contributed by atoms with E-state index in [4.69, 9.17) is 5.73 Å². The van der Waals surface area contributed by atoms with E-state index in [1.54, 1.807) is 0 Å². The van der Waals surface area contributed by atoms with Crippen LogP contribution in [0.3, 0.4) is 0 Å². The molecule has 0 aliphatic carbocycles. The Bertz CT molecular complexity index is 486. The van der Waals surface area contributed by atoms with Crippen molar-refractivity contribution in [2.75, 3.05) is 0 Å². The molecule has 2 N–H and O–H groups in total. The number of primary amides is 1. The van der Waals surface area contributed by atoms with Gasteiger partial charge in [0.1, 0.15) is 5.82 Å². The van der Waals surface area contributed by atoms with Crippen LogP contribution in [0, 0.1) is 21.7 Å². The molecule has 0 aliphatic rings. The third-order valence-electron chi connectivity index (χ3n) is 1.69. The van der Waals surface area contributed by atoms with Crippen LogP contribution in [0.5, 0.6) is 0 Å². The Morgan fingerprint density at radius 2 is 2.00 bits per heavy atom. The van der Waals surface area contributed by atoms with Gasteiger partial charge >= 0.3 is 5.69 Å². The summed E-state index contributed by atoms with van der Waals surface area (Å²) in [5.41, 5.74) is 3.50. The molecule has 0 spiro atoms. The minimum Gasteiger partial charge on any atom is -0.366 e. The van der Waals surface area contributed by atoms with Crippen LogP contribution in [-0.2, 0) is 4.79 Å². The van der Waals surface area contributed by atoms with Gasteiger partial charge in [-0.1, -0.05) is 0 Å². The van der Waals surface area contributed by atoms with Crippen molar-refractivity contribution in [2.24, 2.45) is 5.73 Å². The number of nitrogens with zero attached hydrogens (tertiary/aromatic N) is 1. The predicted octanol–water partition coefficient (Wildman–Crippen LogP) is 1.37. The molecule has 0 saturated heterocycles. The van der Waals surface area contributed by atoms with Gasteiger partial charge in [0, 0.05) is 11.6 Å². The van der Waals surface area contributed by atoms with Gasteiger partial charge in [-0.25, -0.2) is 4.39 Å². The normalized spacial score (nSPS) is 10.6. The van der Waals surface area contributed by atoms with Crippen LogP contribution in [0.15, 0.2) is 18.2 Å². The van der Waals surface area contributed by atoms with Crippen LogP contribution in [-0.4, -0.2) is 10.8 Å². The number of carbonyl (C=O) groups is 1. The first kappa shape index (κ1) is 11.8. The lowest BCUT2D eigenvalue weighted by molar-refractivity contribution is -0.387. The minimum absolute atomic E-state index is 0.290. The molecule has 84 valence electrons. The number of nitro benzene ring substituents is 1. The van der Waals surface area contributed by atoms with Gasteiger partial charge < -0.3 is 5.73 Å². The molecule has 5 nitrogen and oxygen atoms in total. The average Bonchev–Trinajstić information content (AvgIpc) is 2.18. The Hall–Kier alpha value is -2.31. The average molecular weight is 228 g/mol. The topological polar surface area (TPSA) is 86.2 Å². The summed E-state index contributed by atoms with van der Waals surface area (Å²) in [6.07, 6.45) is 1.76. The molecular weight excluding hydrogens is 222 g/mol. The Labute approximate surface area is 88.3 Å². The summed E-state index contributed by atoms with van der Waals surface area (Å²) in [5.74, 6) is -3.03. The van der Waals surface area contributed by atoms with Gasteiger partial charge in [-0.05, 0) is 12.1 Å². The molecule has 0 bridgehead atoms. The molecule has 0 aliphatic heterocycles. The van der Waals surface area contributed by atoms with Gasteiger partial charge in [-0.2, -0.15) is 4.39 Å². The van der Waals surface area contributed by atoms with E-state index in [1.165, 1.54) is 0 Å². The Balaban J connectivity index is 3.20. The van der Waals surface area contributed by atoms with E-state index < -0.39 is 28.2 Å². The van der Waals surface area contributed by atoms with Gasteiger partial charge in [0.2, 0.25) is 11.7 Å². The molecular formula is C9H6F2N2O3. The Kier molecular flexibility index (Phi) is 3.29. The zero-order valence-corrected chi connectivity index (χ0v) is 7.81. The first-order chi connectivity index (χ1) is 7.41. The largest absolute Gasteiger partial charge is 0.366 e. The number of nitro groups is 1. The number of hydrogen-bond donors (Lipinski definition) is 1. The van der Waals surface area contributed by atoms with Crippen molar-refractivity contribution in [1.29, 1.82) is 0 Å². The van der Waals surface area contributed by atoms with Gasteiger partial charge in [-0.3, -0.25) is 14.9 Å². The van der Waals surface area contributed by atoms with E-state index in [1.807, 2.05) is 0 Å². The monoisotopic (exact) mass is 228 g/mol. The fraction of sp³-hybridized carbons (Fsp3) is 0. The lowest BCUT2D eigenvalue weighted by atomic mass is 10.1. The summed E-state index contributed by atoms with van der Waals surface area (Å²) in [7, 11) is 0. The quantitative estimate of drug-likeness (QED) is 0.481. The number of halogens is 2. The van der Waals surface area contributed by atoms with Crippen LogP contribution in [0.25, 0.3) is 6.08 Å². The van der Waals surface area contributed by atoms with Crippen LogP contribution in [0.2, 0.25) is 0 Å². The summed E-state index contributed by atoms with van der Waals surface area (Å²) in [5, 5.41) is 10.3. The number of benzene rings is 1. The molecule has 7 heteroatoms. The molecule has 0 unspecified atom stereocenters. The van der Waals surface area contributed by atoms with Crippen molar-refractivity contribution >= 4 is 17.7 Å². The first-order valence-electron chi connectivity index (χ1n) is 4.02. The van der Waals surface area contributed by atoms with Gasteiger partial charge in [0.25, 0.3) is 0 Å². The van der Waals surface area contributed by atoms with Gasteiger partial charge in [-0.15, -0.1) is 0 Å². The lowest BCUT2D eigenvalue weighted by Gasteiger charge is -1.98. The molecule has 0 saturated carbocycles. The molecule has 1 rings (SSSR count). The highest BCUT2D eigenvalue weighted by Crippen LogP contribution is 2.22. The molecule has 0 radical (unpaired) electrons. The standard InChI is InChI=1S/C9H6F2N2O3/c10-6-4-8(13(15)16)7(11)3-5(6)1-2-9(12)14/h1-4H,(H2,12,14). The van der Waals surface area contributed by atoms with E-state index >= 15 is 0 Å². The van der Waals surface area contributed by atoms with Crippen LogP contribution in [0.4, 0.5) is 14.5 Å². The number of rotatable bonds is 3. The third-order valence-corrected chi connectivity index (χ3v) is 1.69. The second-order valence-corrected chi connectivity index (χ2v) is 2.82. The molecule has 0 heterocycles. The zero-order valence-electron chi connectivity index (χ0n) is 7.81. The maximum absolute atomic E-state index is 13.2. The van der Waals surface area contributed by atoms with Gasteiger partial charge in [0.15, 0.2) is 0 Å². The second kappa shape index (κ2) is 4.47. The SMILES string of the molecule is NC(=O)C=Cc1cc(F)c([N+](=O)[O-])cc1F. The van der Waals surface area contributed by atoms with Crippen molar-refractivity contribution in [2.45, 2.75) is 0 Å². The summed E-state index contributed by atoms with van der Waals surface area (Å²) in [6.45, 7) is 0. The van der Waals surface area contributed by atoms with Crippen molar-refractivity contribution in [3.05, 3.63) is 45.5 Å². The van der Waals surface area contributed by atoms with E-state index in [0.717, 1.165) is 12.2 Å². The number of nitrogens with two attached hydrogens (primary N) is 1. The lowest BCUT2D eigenvalue weighted by Crippen LogP contribution is -2.05. The van der Waals surface area contributed by atoms with E-state index in [2.05, 4.69) is 0 Å². The fourth-order valence-electron chi connectivity index (χ4n) is 0.991. The number of hydrogen-bond acceptors (Lipinski definition) is 3. The molecule has 1 amide bonds. The molecule has 16 heavy (non-hydrogen) atoms. The maximum atomic E-state index is 13.2. The summed E-state index contributed by atoms with van der Waals surface area (Å²) in [4.78, 5) is 19.6. The summed E-state index contributed by atoms with van der Waals surface area (Å²) >= 11 is 0. The second-order valence-electron chi connectivity index (χ2n) is 2.82. The molecule has 1 aromatic carbocycles. The molecule has 1 aromatic rings.